The molecule has 0 saturated carbocycles. The third-order valence-corrected chi connectivity index (χ3v) is 5.11. The maximum atomic E-state index is 12.4. The number of halogens is 1. The average molecular weight is 341 g/mol. The summed E-state index contributed by atoms with van der Waals surface area (Å²) in [4.78, 5) is 21.1. The zero-order valence-corrected chi connectivity index (χ0v) is 14.5. The Morgan fingerprint density at radius 2 is 2.22 bits per heavy atom. The first-order valence-electron chi connectivity index (χ1n) is 8.41. The Balaban J connectivity index is 1.50. The van der Waals surface area contributed by atoms with Crippen molar-refractivity contribution in [1.29, 1.82) is 0 Å². The van der Waals surface area contributed by atoms with Crippen LogP contribution in [0.2, 0.25) is 5.15 Å². The molecule has 1 amide bonds. The lowest BCUT2D eigenvalue weighted by molar-refractivity contribution is -0.133. The van der Waals surface area contributed by atoms with Crippen LogP contribution < -0.4 is 0 Å². The SMILES string of the molecule is Cn1c(Cl)cnc1CN1CCCN(C(=O)C[C@@H]2CCCO2)CC1. The van der Waals surface area contributed by atoms with Crippen LogP contribution in [0.1, 0.15) is 31.5 Å². The van der Waals surface area contributed by atoms with Crippen molar-refractivity contribution in [1.82, 2.24) is 19.4 Å². The number of aromatic nitrogens is 2. The summed E-state index contributed by atoms with van der Waals surface area (Å²) in [5, 5.41) is 0.656. The monoisotopic (exact) mass is 340 g/mol. The zero-order valence-electron chi connectivity index (χ0n) is 13.7. The van der Waals surface area contributed by atoms with Crippen LogP contribution in [0, 0.1) is 0 Å². The van der Waals surface area contributed by atoms with E-state index in [0.717, 1.165) is 64.4 Å². The van der Waals surface area contributed by atoms with Gasteiger partial charge in [-0.25, -0.2) is 4.98 Å². The van der Waals surface area contributed by atoms with Crippen LogP contribution in [0.3, 0.4) is 0 Å². The third-order valence-electron chi connectivity index (χ3n) is 4.76. The Morgan fingerprint density at radius 3 is 2.91 bits per heavy atom. The van der Waals surface area contributed by atoms with Crippen molar-refractivity contribution in [2.45, 2.75) is 38.3 Å². The second-order valence-electron chi connectivity index (χ2n) is 6.41. The molecule has 0 spiro atoms. The first kappa shape index (κ1) is 16.7. The van der Waals surface area contributed by atoms with Gasteiger partial charge in [0.15, 0.2) is 0 Å². The molecule has 0 radical (unpaired) electrons. The van der Waals surface area contributed by atoms with Crippen LogP contribution in [0.5, 0.6) is 0 Å². The molecular weight excluding hydrogens is 316 g/mol. The Bertz CT molecular complexity index is 542. The van der Waals surface area contributed by atoms with Gasteiger partial charge in [0.1, 0.15) is 11.0 Å². The molecule has 3 rings (SSSR count). The highest BCUT2D eigenvalue weighted by Crippen LogP contribution is 2.18. The summed E-state index contributed by atoms with van der Waals surface area (Å²) in [5.74, 6) is 1.20. The number of carbonyl (C=O) groups excluding carboxylic acids is 1. The molecule has 0 bridgehead atoms. The summed E-state index contributed by atoms with van der Waals surface area (Å²) in [6, 6.07) is 0. The number of amides is 1. The number of carbonyl (C=O) groups is 1. The van der Waals surface area contributed by atoms with E-state index in [2.05, 4.69) is 9.88 Å². The van der Waals surface area contributed by atoms with Gasteiger partial charge < -0.3 is 14.2 Å². The summed E-state index contributed by atoms with van der Waals surface area (Å²) >= 11 is 6.04. The Labute approximate surface area is 142 Å². The summed E-state index contributed by atoms with van der Waals surface area (Å²) in [5.41, 5.74) is 0. The lowest BCUT2D eigenvalue weighted by Gasteiger charge is -2.23. The van der Waals surface area contributed by atoms with E-state index in [-0.39, 0.29) is 12.0 Å². The predicted octanol–water partition coefficient (Wildman–Crippen LogP) is 1.68. The normalized spacial score (nSPS) is 23.2. The first-order chi connectivity index (χ1) is 11.1. The second-order valence-corrected chi connectivity index (χ2v) is 6.79. The van der Waals surface area contributed by atoms with Crippen LogP contribution >= 0.6 is 11.6 Å². The highest BCUT2D eigenvalue weighted by Gasteiger charge is 2.24. The fourth-order valence-corrected chi connectivity index (χ4v) is 3.43. The van der Waals surface area contributed by atoms with E-state index in [4.69, 9.17) is 16.3 Å². The molecule has 1 aromatic heterocycles. The van der Waals surface area contributed by atoms with E-state index in [1.54, 1.807) is 6.20 Å². The smallest absolute Gasteiger partial charge is 0.225 e. The molecule has 23 heavy (non-hydrogen) atoms. The molecule has 2 aliphatic heterocycles. The van der Waals surface area contributed by atoms with Gasteiger partial charge in [-0.05, 0) is 19.3 Å². The molecular formula is C16H25ClN4O2. The van der Waals surface area contributed by atoms with E-state index in [1.807, 2.05) is 16.5 Å². The van der Waals surface area contributed by atoms with Gasteiger partial charge in [0.25, 0.3) is 0 Å². The van der Waals surface area contributed by atoms with E-state index in [1.165, 1.54) is 0 Å². The van der Waals surface area contributed by atoms with E-state index in [0.29, 0.717) is 11.6 Å². The first-order valence-corrected chi connectivity index (χ1v) is 8.79. The quantitative estimate of drug-likeness (QED) is 0.836. The average Bonchev–Trinajstić information content (AvgIpc) is 3.07. The number of rotatable bonds is 4. The predicted molar refractivity (Wildman–Crippen MR) is 88.3 cm³/mol. The van der Waals surface area contributed by atoms with Crippen molar-refractivity contribution in [2.75, 3.05) is 32.8 Å². The molecule has 1 atom stereocenters. The number of nitrogens with zero attached hydrogens (tertiary/aromatic N) is 4. The van der Waals surface area contributed by atoms with Gasteiger partial charge in [0.2, 0.25) is 5.91 Å². The summed E-state index contributed by atoms with van der Waals surface area (Å²) in [7, 11) is 1.93. The number of hydrogen-bond donors (Lipinski definition) is 0. The maximum Gasteiger partial charge on any atom is 0.225 e. The highest BCUT2D eigenvalue weighted by molar-refractivity contribution is 6.29. The summed E-state index contributed by atoms with van der Waals surface area (Å²) in [6.45, 7) is 5.05. The molecule has 128 valence electrons. The Kier molecular flexibility index (Phi) is 5.56. The van der Waals surface area contributed by atoms with Gasteiger partial charge in [-0.3, -0.25) is 9.69 Å². The molecule has 0 unspecified atom stereocenters. The van der Waals surface area contributed by atoms with Crippen LogP contribution in [-0.2, 0) is 23.1 Å². The number of imidazole rings is 1. The zero-order chi connectivity index (χ0) is 16.2. The molecule has 0 aliphatic carbocycles. The van der Waals surface area contributed by atoms with Crippen LogP contribution in [-0.4, -0.2) is 64.1 Å². The molecule has 2 fully saturated rings. The van der Waals surface area contributed by atoms with Gasteiger partial charge in [0, 0.05) is 39.8 Å². The molecule has 0 aromatic carbocycles. The molecule has 3 heterocycles. The fraction of sp³-hybridized carbons (Fsp3) is 0.750. The van der Waals surface area contributed by atoms with E-state index >= 15 is 0 Å². The number of hydrogen-bond acceptors (Lipinski definition) is 4. The van der Waals surface area contributed by atoms with Crippen molar-refractivity contribution >= 4 is 17.5 Å². The molecule has 2 aliphatic rings. The standard InChI is InChI=1S/C16H25ClN4O2/c1-19-14(17)11-18-15(19)12-20-5-3-6-21(8-7-20)16(22)10-13-4-2-9-23-13/h11,13H,2-10,12H2,1H3/t13-/m0/s1. The molecule has 0 N–H and O–H groups in total. The van der Waals surface area contributed by atoms with Crippen molar-refractivity contribution in [3.05, 3.63) is 17.2 Å². The van der Waals surface area contributed by atoms with Crippen LogP contribution in [0.4, 0.5) is 0 Å². The minimum atomic E-state index is 0.136. The molecule has 2 saturated heterocycles. The van der Waals surface area contributed by atoms with E-state index in [9.17, 15) is 4.79 Å². The fourth-order valence-electron chi connectivity index (χ4n) is 3.28. The van der Waals surface area contributed by atoms with Gasteiger partial charge in [-0.15, -0.1) is 0 Å². The Morgan fingerprint density at radius 1 is 1.35 bits per heavy atom. The Hall–Kier alpha value is -1.11. The third kappa shape index (κ3) is 4.25. The maximum absolute atomic E-state index is 12.4. The topological polar surface area (TPSA) is 50.6 Å². The van der Waals surface area contributed by atoms with Crippen molar-refractivity contribution in [2.24, 2.45) is 7.05 Å². The highest BCUT2D eigenvalue weighted by atomic mass is 35.5. The van der Waals surface area contributed by atoms with Gasteiger partial charge in [-0.1, -0.05) is 11.6 Å². The van der Waals surface area contributed by atoms with Crippen LogP contribution in [0.15, 0.2) is 6.20 Å². The van der Waals surface area contributed by atoms with Gasteiger partial charge in [0.05, 0.1) is 25.3 Å². The van der Waals surface area contributed by atoms with Crippen molar-refractivity contribution in [3.63, 3.8) is 0 Å². The molecule has 7 heteroatoms. The van der Waals surface area contributed by atoms with E-state index < -0.39 is 0 Å². The molecule has 1 aromatic rings. The number of ether oxygens (including phenoxy) is 1. The summed E-state index contributed by atoms with van der Waals surface area (Å²) < 4.78 is 7.49. The van der Waals surface area contributed by atoms with Crippen LogP contribution in [0.25, 0.3) is 0 Å². The molecule has 6 nitrogen and oxygen atoms in total. The minimum Gasteiger partial charge on any atom is -0.378 e. The summed E-state index contributed by atoms with van der Waals surface area (Å²) in [6.07, 6.45) is 5.46. The van der Waals surface area contributed by atoms with Crippen molar-refractivity contribution in [3.8, 4) is 0 Å². The lowest BCUT2D eigenvalue weighted by atomic mass is 10.1. The largest absolute Gasteiger partial charge is 0.378 e. The lowest BCUT2D eigenvalue weighted by Crippen LogP contribution is -2.36. The van der Waals surface area contributed by atoms with Gasteiger partial charge in [-0.2, -0.15) is 0 Å². The second kappa shape index (κ2) is 7.64. The van der Waals surface area contributed by atoms with Crippen molar-refractivity contribution < 1.29 is 9.53 Å². The van der Waals surface area contributed by atoms with Gasteiger partial charge >= 0.3 is 0 Å². The minimum absolute atomic E-state index is 0.136.